The highest BCUT2D eigenvalue weighted by atomic mass is 19.4. The van der Waals surface area contributed by atoms with Gasteiger partial charge in [0.05, 0.1) is 0 Å². The highest BCUT2D eigenvalue weighted by molar-refractivity contribution is 5.76. The Balaban J connectivity index is 1.67. The molecule has 0 radical (unpaired) electrons. The van der Waals surface area contributed by atoms with Crippen molar-refractivity contribution in [3.05, 3.63) is 29.8 Å². The van der Waals surface area contributed by atoms with Crippen molar-refractivity contribution in [2.45, 2.75) is 43.9 Å². The quantitative estimate of drug-likeness (QED) is 0.565. The van der Waals surface area contributed by atoms with Crippen LogP contribution in [0.2, 0.25) is 0 Å². The number of carbonyl (C=O) groups is 1. The van der Waals surface area contributed by atoms with Crippen molar-refractivity contribution in [3.8, 4) is 0 Å². The van der Waals surface area contributed by atoms with Crippen LogP contribution in [0.1, 0.15) is 18.4 Å². The molecule has 2 saturated heterocycles. The van der Waals surface area contributed by atoms with Gasteiger partial charge in [-0.3, -0.25) is 9.69 Å². The highest BCUT2D eigenvalue weighted by Gasteiger charge is 2.60. The summed E-state index contributed by atoms with van der Waals surface area (Å²) < 4.78 is 80.2. The minimum Gasteiger partial charge on any atom is -0.442 e. The second-order valence-electron chi connectivity index (χ2n) is 7.45. The lowest BCUT2D eigenvalue weighted by atomic mass is 10.1. The zero-order chi connectivity index (χ0) is 21.9. The Morgan fingerprint density at radius 3 is 2.20 bits per heavy atom. The van der Waals surface area contributed by atoms with E-state index in [1.807, 2.05) is 24.3 Å². The molecule has 1 atom stereocenters. The SMILES string of the molecule is O=C(OC(C(F)(F)F)C(F)(F)F)C1CNCCN1Cc1ccc(N2CCCC2)cc1. The monoisotopic (exact) mass is 439 g/mol. The molecule has 0 amide bonds. The van der Waals surface area contributed by atoms with Crippen LogP contribution >= 0.6 is 0 Å². The van der Waals surface area contributed by atoms with E-state index in [1.54, 1.807) is 0 Å². The number of ether oxygens (including phenoxy) is 1. The lowest BCUT2D eigenvalue weighted by Gasteiger charge is -2.35. The van der Waals surface area contributed by atoms with Gasteiger partial charge >= 0.3 is 18.3 Å². The van der Waals surface area contributed by atoms with Crippen molar-refractivity contribution >= 4 is 11.7 Å². The highest BCUT2D eigenvalue weighted by Crippen LogP contribution is 2.36. The Kier molecular flexibility index (Phi) is 6.81. The van der Waals surface area contributed by atoms with Gasteiger partial charge in [0.2, 0.25) is 0 Å². The molecule has 1 unspecified atom stereocenters. The Labute approximate surface area is 170 Å². The Hall–Kier alpha value is -2.01. The van der Waals surface area contributed by atoms with Gasteiger partial charge in [-0.25, -0.2) is 0 Å². The number of esters is 1. The van der Waals surface area contributed by atoms with Crippen LogP contribution in [0.15, 0.2) is 24.3 Å². The molecule has 2 aliphatic heterocycles. The maximum Gasteiger partial charge on any atom is 0.434 e. The largest absolute Gasteiger partial charge is 0.442 e. The second-order valence-corrected chi connectivity index (χ2v) is 7.45. The van der Waals surface area contributed by atoms with E-state index in [0.29, 0.717) is 6.54 Å². The number of rotatable bonds is 5. The normalized spacial score (nSPS) is 21.3. The van der Waals surface area contributed by atoms with Crippen molar-refractivity contribution < 1.29 is 35.9 Å². The van der Waals surface area contributed by atoms with Gasteiger partial charge in [0, 0.05) is 45.0 Å². The van der Waals surface area contributed by atoms with Crippen LogP contribution in [-0.4, -0.2) is 68.1 Å². The van der Waals surface area contributed by atoms with Gasteiger partial charge in [-0.05, 0) is 30.5 Å². The smallest absolute Gasteiger partial charge is 0.434 e. The molecule has 2 heterocycles. The number of anilines is 1. The molecular formula is C19H23F6N3O2. The van der Waals surface area contributed by atoms with Gasteiger partial charge in [0.25, 0.3) is 6.10 Å². The van der Waals surface area contributed by atoms with E-state index in [1.165, 1.54) is 4.90 Å². The third-order valence-electron chi connectivity index (χ3n) is 5.25. The summed E-state index contributed by atoms with van der Waals surface area (Å²) >= 11 is 0. The standard InChI is InChI=1S/C19H23F6N3O2/c20-18(21,22)17(19(23,24)25)30-16(29)15-11-26-7-10-28(15)12-13-3-5-14(6-4-13)27-8-1-2-9-27/h3-6,15,17,26H,1-2,7-12H2. The Bertz CT molecular complexity index is 702. The van der Waals surface area contributed by atoms with Crippen molar-refractivity contribution in [1.82, 2.24) is 10.2 Å². The number of hydrogen-bond acceptors (Lipinski definition) is 5. The van der Waals surface area contributed by atoms with E-state index >= 15 is 0 Å². The number of halogens is 6. The zero-order valence-electron chi connectivity index (χ0n) is 16.1. The molecule has 3 rings (SSSR count). The number of carbonyl (C=O) groups excluding carboxylic acids is 1. The molecule has 11 heteroatoms. The van der Waals surface area contributed by atoms with Gasteiger partial charge in [0.15, 0.2) is 0 Å². The summed E-state index contributed by atoms with van der Waals surface area (Å²) in [7, 11) is 0. The molecule has 1 aromatic rings. The molecule has 168 valence electrons. The van der Waals surface area contributed by atoms with E-state index < -0.39 is 30.5 Å². The number of alkyl halides is 6. The third-order valence-corrected chi connectivity index (χ3v) is 5.25. The number of nitrogens with zero attached hydrogens (tertiary/aromatic N) is 2. The van der Waals surface area contributed by atoms with Crippen molar-refractivity contribution in [3.63, 3.8) is 0 Å². The number of benzene rings is 1. The minimum absolute atomic E-state index is 0.0901. The molecule has 0 aliphatic carbocycles. The molecule has 1 aromatic carbocycles. The van der Waals surface area contributed by atoms with Gasteiger partial charge < -0.3 is 15.0 Å². The zero-order valence-corrected chi connectivity index (χ0v) is 16.1. The number of piperazine rings is 1. The predicted molar refractivity (Wildman–Crippen MR) is 96.9 cm³/mol. The predicted octanol–water partition coefficient (Wildman–Crippen LogP) is 3.10. The average molecular weight is 439 g/mol. The fourth-order valence-corrected chi connectivity index (χ4v) is 3.70. The van der Waals surface area contributed by atoms with Crippen molar-refractivity contribution in [2.75, 3.05) is 37.6 Å². The van der Waals surface area contributed by atoms with E-state index in [9.17, 15) is 31.1 Å². The molecule has 0 aromatic heterocycles. The molecule has 1 N–H and O–H groups in total. The lowest BCUT2D eigenvalue weighted by molar-refractivity contribution is -0.314. The summed E-state index contributed by atoms with van der Waals surface area (Å²) in [5.41, 5.74) is 1.87. The number of nitrogens with one attached hydrogen (secondary N) is 1. The molecule has 0 bridgehead atoms. The second kappa shape index (κ2) is 9.01. The lowest BCUT2D eigenvalue weighted by Crippen LogP contribution is -2.57. The summed E-state index contributed by atoms with van der Waals surface area (Å²) in [6.07, 6.45) is -13.3. The third kappa shape index (κ3) is 5.57. The molecule has 2 fully saturated rings. The summed E-state index contributed by atoms with van der Waals surface area (Å²) in [6.45, 7) is 2.82. The molecule has 0 spiro atoms. The minimum atomic E-state index is -5.73. The Morgan fingerprint density at radius 1 is 1.03 bits per heavy atom. The van der Waals surface area contributed by atoms with Gasteiger partial charge in [-0.15, -0.1) is 0 Å². The van der Waals surface area contributed by atoms with Gasteiger partial charge in [-0.1, -0.05) is 12.1 Å². The summed E-state index contributed by atoms with van der Waals surface area (Å²) in [4.78, 5) is 16.0. The van der Waals surface area contributed by atoms with E-state index in [-0.39, 0.29) is 19.6 Å². The van der Waals surface area contributed by atoms with Crippen molar-refractivity contribution in [1.29, 1.82) is 0 Å². The maximum atomic E-state index is 12.7. The first-order valence-electron chi connectivity index (χ1n) is 9.68. The topological polar surface area (TPSA) is 44.8 Å². The molecule has 0 saturated carbocycles. The average Bonchev–Trinajstić information content (AvgIpc) is 3.20. The molecule has 30 heavy (non-hydrogen) atoms. The molecule has 5 nitrogen and oxygen atoms in total. The van der Waals surface area contributed by atoms with Crippen LogP contribution in [0.4, 0.5) is 32.0 Å². The van der Waals surface area contributed by atoms with Crippen LogP contribution < -0.4 is 10.2 Å². The maximum absolute atomic E-state index is 12.7. The van der Waals surface area contributed by atoms with E-state index in [4.69, 9.17) is 0 Å². The van der Waals surface area contributed by atoms with Crippen LogP contribution in [0.25, 0.3) is 0 Å². The summed E-state index contributed by atoms with van der Waals surface area (Å²) in [5, 5.41) is 2.82. The van der Waals surface area contributed by atoms with E-state index in [0.717, 1.165) is 37.2 Å². The molecule has 2 aliphatic rings. The first-order chi connectivity index (χ1) is 14.1. The van der Waals surface area contributed by atoms with Crippen LogP contribution in [0.3, 0.4) is 0 Å². The first-order valence-corrected chi connectivity index (χ1v) is 9.68. The van der Waals surface area contributed by atoms with Crippen LogP contribution in [0, 0.1) is 0 Å². The van der Waals surface area contributed by atoms with Gasteiger partial charge in [0.1, 0.15) is 6.04 Å². The summed E-state index contributed by atoms with van der Waals surface area (Å²) in [6, 6.07) is 6.32. The van der Waals surface area contributed by atoms with Crippen molar-refractivity contribution in [2.24, 2.45) is 0 Å². The Morgan fingerprint density at radius 2 is 1.63 bits per heavy atom. The summed E-state index contributed by atoms with van der Waals surface area (Å²) in [5.74, 6) is -1.55. The van der Waals surface area contributed by atoms with E-state index in [2.05, 4.69) is 15.0 Å². The fraction of sp³-hybridized carbons (Fsp3) is 0.632. The first kappa shape index (κ1) is 22.7. The van der Waals surface area contributed by atoms with Crippen LogP contribution in [-0.2, 0) is 16.1 Å². The molecular weight excluding hydrogens is 416 g/mol. The van der Waals surface area contributed by atoms with Crippen LogP contribution in [0.5, 0.6) is 0 Å². The van der Waals surface area contributed by atoms with Gasteiger partial charge in [-0.2, -0.15) is 26.3 Å². The fourth-order valence-electron chi connectivity index (χ4n) is 3.70. The number of hydrogen-bond donors (Lipinski definition) is 1.